The van der Waals surface area contributed by atoms with Gasteiger partial charge >= 0.3 is 5.97 Å². The first-order chi connectivity index (χ1) is 8.06. The van der Waals surface area contributed by atoms with Crippen molar-refractivity contribution in [3.63, 3.8) is 0 Å². The van der Waals surface area contributed by atoms with Gasteiger partial charge in [0.05, 0.1) is 31.3 Å². The maximum Gasteiger partial charge on any atom is 0.333 e. The van der Waals surface area contributed by atoms with Crippen LogP contribution < -0.4 is 0 Å². The summed E-state index contributed by atoms with van der Waals surface area (Å²) >= 11 is 0. The standard InChI is InChI=1S/C12H18O5/c1-12(2)10(17-12)9-16-7-4-6-15-8-5-11(13)14-3/h4-5,7-8,10H,6,9H2,1-3H3/b7-4+,8-5+/t10-/m1/s1. The van der Waals surface area contributed by atoms with E-state index in [0.29, 0.717) is 13.2 Å². The minimum absolute atomic E-state index is 0.0480. The summed E-state index contributed by atoms with van der Waals surface area (Å²) in [6.07, 6.45) is 5.92. The van der Waals surface area contributed by atoms with Crippen LogP contribution in [0.25, 0.3) is 0 Å². The van der Waals surface area contributed by atoms with E-state index in [0.717, 1.165) is 0 Å². The zero-order valence-electron chi connectivity index (χ0n) is 10.3. The van der Waals surface area contributed by atoms with E-state index >= 15 is 0 Å². The van der Waals surface area contributed by atoms with Crippen LogP contribution in [0.15, 0.2) is 24.7 Å². The molecule has 0 bridgehead atoms. The largest absolute Gasteiger partial charge is 0.499 e. The number of hydrogen-bond donors (Lipinski definition) is 0. The minimum Gasteiger partial charge on any atom is -0.499 e. The average molecular weight is 242 g/mol. The first-order valence-corrected chi connectivity index (χ1v) is 5.37. The van der Waals surface area contributed by atoms with Crippen LogP contribution in [0.3, 0.4) is 0 Å². The molecule has 1 aliphatic rings. The van der Waals surface area contributed by atoms with E-state index in [2.05, 4.69) is 4.74 Å². The molecule has 1 atom stereocenters. The monoisotopic (exact) mass is 242 g/mol. The predicted molar refractivity (Wildman–Crippen MR) is 61.2 cm³/mol. The molecule has 1 aliphatic heterocycles. The van der Waals surface area contributed by atoms with Crippen LogP contribution in [0.4, 0.5) is 0 Å². The third-order valence-electron chi connectivity index (χ3n) is 2.30. The molecule has 1 rings (SSSR count). The molecule has 0 saturated carbocycles. The highest BCUT2D eigenvalue weighted by Gasteiger charge is 2.48. The first-order valence-electron chi connectivity index (χ1n) is 5.37. The molecule has 5 nitrogen and oxygen atoms in total. The smallest absolute Gasteiger partial charge is 0.333 e. The molecule has 0 aromatic heterocycles. The Morgan fingerprint density at radius 3 is 2.65 bits per heavy atom. The van der Waals surface area contributed by atoms with Crippen LogP contribution in [0.2, 0.25) is 0 Å². The quantitative estimate of drug-likeness (QED) is 0.222. The Labute approximate surface area is 101 Å². The average Bonchev–Trinajstić information content (AvgIpc) is 2.89. The van der Waals surface area contributed by atoms with Crippen molar-refractivity contribution in [2.24, 2.45) is 0 Å². The van der Waals surface area contributed by atoms with Crippen molar-refractivity contribution in [3.8, 4) is 0 Å². The topological polar surface area (TPSA) is 57.3 Å². The second kappa shape index (κ2) is 6.30. The van der Waals surface area contributed by atoms with Gasteiger partial charge in [-0.2, -0.15) is 0 Å². The summed E-state index contributed by atoms with van der Waals surface area (Å²) in [5.74, 6) is -0.446. The van der Waals surface area contributed by atoms with Crippen molar-refractivity contribution in [3.05, 3.63) is 24.7 Å². The second-order valence-corrected chi connectivity index (χ2v) is 4.07. The van der Waals surface area contributed by atoms with Gasteiger partial charge in [-0.25, -0.2) is 4.79 Å². The lowest BCUT2D eigenvalue weighted by atomic mass is 10.1. The highest BCUT2D eigenvalue weighted by atomic mass is 16.6. The summed E-state index contributed by atoms with van der Waals surface area (Å²) in [6, 6.07) is 0. The van der Waals surface area contributed by atoms with Gasteiger partial charge in [0.2, 0.25) is 0 Å². The van der Waals surface area contributed by atoms with Gasteiger partial charge in [0.15, 0.2) is 0 Å². The number of esters is 1. The SMILES string of the molecule is COC(=O)/C=C/OC/C=C/OC[C@H]1OC1(C)C. The summed E-state index contributed by atoms with van der Waals surface area (Å²) in [4.78, 5) is 10.6. The lowest BCUT2D eigenvalue weighted by Crippen LogP contribution is -2.07. The van der Waals surface area contributed by atoms with Gasteiger partial charge in [-0.3, -0.25) is 0 Å². The Hall–Kier alpha value is -1.49. The second-order valence-electron chi connectivity index (χ2n) is 4.07. The molecule has 96 valence electrons. The van der Waals surface area contributed by atoms with E-state index in [1.165, 1.54) is 19.4 Å². The summed E-state index contributed by atoms with van der Waals surface area (Å²) < 4.78 is 20.0. The lowest BCUT2D eigenvalue weighted by Gasteiger charge is -1.98. The maximum absolute atomic E-state index is 10.6. The van der Waals surface area contributed by atoms with Crippen molar-refractivity contribution in [2.45, 2.75) is 25.6 Å². The van der Waals surface area contributed by atoms with E-state index in [9.17, 15) is 4.79 Å². The zero-order valence-corrected chi connectivity index (χ0v) is 10.3. The Bertz CT molecular complexity index is 306. The molecule has 0 aromatic carbocycles. The van der Waals surface area contributed by atoms with Crippen molar-refractivity contribution >= 4 is 5.97 Å². The normalized spacial score (nSPS) is 21.7. The van der Waals surface area contributed by atoms with Crippen molar-refractivity contribution in [1.29, 1.82) is 0 Å². The highest BCUT2D eigenvalue weighted by molar-refractivity contribution is 5.81. The van der Waals surface area contributed by atoms with Crippen LogP contribution in [0, 0.1) is 0 Å². The predicted octanol–water partition coefficient (Wildman–Crippen LogP) is 1.40. The highest BCUT2D eigenvalue weighted by Crippen LogP contribution is 2.35. The summed E-state index contributed by atoms with van der Waals surface area (Å²) in [5.41, 5.74) is -0.0480. The Kier molecular flexibility index (Phi) is 5.03. The summed E-state index contributed by atoms with van der Waals surface area (Å²) in [5, 5.41) is 0. The molecule has 17 heavy (non-hydrogen) atoms. The van der Waals surface area contributed by atoms with Gasteiger partial charge in [-0.05, 0) is 19.9 Å². The zero-order chi connectivity index (χ0) is 12.7. The van der Waals surface area contributed by atoms with Gasteiger partial charge < -0.3 is 18.9 Å². The summed E-state index contributed by atoms with van der Waals surface area (Å²) in [7, 11) is 1.31. The van der Waals surface area contributed by atoms with E-state index < -0.39 is 5.97 Å². The Morgan fingerprint density at radius 2 is 2.06 bits per heavy atom. The number of carbonyl (C=O) groups excluding carboxylic acids is 1. The molecule has 0 unspecified atom stereocenters. The Morgan fingerprint density at radius 1 is 1.35 bits per heavy atom. The van der Waals surface area contributed by atoms with Crippen molar-refractivity contribution in [2.75, 3.05) is 20.3 Å². The number of ether oxygens (including phenoxy) is 4. The fraction of sp³-hybridized carbons (Fsp3) is 0.583. The number of hydrogen-bond acceptors (Lipinski definition) is 5. The van der Waals surface area contributed by atoms with Crippen LogP contribution in [0.5, 0.6) is 0 Å². The van der Waals surface area contributed by atoms with E-state index in [1.807, 2.05) is 13.8 Å². The molecular weight excluding hydrogens is 224 g/mol. The van der Waals surface area contributed by atoms with Gasteiger partial charge in [-0.15, -0.1) is 0 Å². The molecule has 0 aromatic rings. The third-order valence-corrected chi connectivity index (χ3v) is 2.30. The molecule has 1 fully saturated rings. The van der Waals surface area contributed by atoms with E-state index in [-0.39, 0.29) is 11.7 Å². The first kappa shape index (κ1) is 13.6. The van der Waals surface area contributed by atoms with Gasteiger partial charge in [-0.1, -0.05) is 0 Å². The number of rotatable bonds is 7. The molecule has 0 radical (unpaired) electrons. The molecular formula is C12H18O5. The molecule has 0 aliphatic carbocycles. The van der Waals surface area contributed by atoms with Crippen molar-refractivity contribution < 1.29 is 23.7 Å². The fourth-order valence-corrected chi connectivity index (χ4v) is 1.10. The Balaban J connectivity index is 1.96. The third kappa shape index (κ3) is 5.40. The van der Waals surface area contributed by atoms with Gasteiger partial charge in [0.25, 0.3) is 0 Å². The molecule has 1 heterocycles. The maximum atomic E-state index is 10.6. The van der Waals surface area contributed by atoms with Crippen molar-refractivity contribution in [1.82, 2.24) is 0 Å². The van der Waals surface area contributed by atoms with Gasteiger partial charge in [0, 0.05) is 0 Å². The molecule has 5 heteroatoms. The lowest BCUT2D eigenvalue weighted by molar-refractivity contribution is -0.134. The molecule has 1 saturated heterocycles. The number of carbonyl (C=O) groups is 1. The van der Waals surface area contributed by atoms with Crippen LogP contribution in [0.1, 0.15) is 13.8 Å². The number of epoxide rings is 1. The van der Waals surface area contributed by atoms with Crippen LogP contribution in [-0.4, -0.2) is 38.0 Å². The van der Waals surface area contributed by atoms with Crippen LogP contribution in [-0.2, 0) is 23.7 Å². The molecule has 0 amide bonds. The van der Waals surface area contributed by atoms with Gasteiger partial charge in [0.1, 0.15) is 19.3 Å². The fourth-order valence-electron chi connectivity index (χ4n) is 1.10. The summed E-state index contributed by atoms with van der Waals surface area (Å²) in [6.45, 7) is 4.92. The van der Waals surface area contributed by atoms with Crippen LogP contribution >= 0.6 is 0 Å². The van der Waals surface area contributed by atoms with E-state index in [4.69, 9.17) is 14.2 Å². The number of methoxy groups -OCH3 is 1. The molecule has 0 N–H and O–H groups in total. The minimum atomic E-state index is -0.446. The van der Waals surface area contributed by atoms with E-state index in [1.54, 1.807) is 12.3 Å². The molecule has 0 spiro atoms.